The van der Waals surface area contributed by atoms with Gasteiger partial charge in [0, 0.05) is 15.7 Å². The van der Waals surface area contributed by atoms with Crippen LogP contribution < -0.4 is 11.1 Å². The van der Waals surface area contributed by atoms with E-state index in [-0.39, 0.29) is 10.7 Å². The van der Waals surface area contributed by atoms with Crippen LogP contribution in [0.15, 0.2) is 40.9 Å². The maximum absolute atomic E-state index is 13.1. The molecule has 0 aliphatic carbocycles. The zero-order valence-electron chi connectivity index (χ0n) is 9.58. The Morgan fingerprint density at radius 3 is 2.68 bits per heavy atom. The number of nitrogens with two attached hydrogens (primary N) is 1. The average Bonchev–Trinajstić information content (AvgIpc) is 2.37. The summed E-state index contributed by atoms with van der Waals surface area (Å²) in [6.07, 6.45) is 0. The molecule has 0 radical (unpaired) electrons. The van der Waals surface area contributed by atoms with Crippen molar-refractivity contribution in [1.29, 1.82) is 0 Å². The molecule has 6 heteroatoms. The summed E-state index contributed by atoms with van der Waals surface area (Å²) in [5.41, 5.74) is 6.71. The van der Waals surface area contributed by atoms with Gasteiger partial charge in [-0.15, -0.1) is 0 Å². The molecule has 19 heavy (non-hydrogen) atoms. The molecule has 0 atom stereocenters. The van der Waals surface area contributed by atoms with E-state index in [0.717, 1.165) is 6.07 Å². The first-order valence-corrected chi connectivity index (χ1v) is 6.46. The predicted molar refractivity (Wildman–Crippen MR) is 77.9 cm³/mol. The Bertz CT molecular complexity index is 649. The number of rotatable bonds is 2. The van der Waals surface area contributed by atoms with Gasteiger partial charge in [0.2, 0.25) is 0 Å². The quantitative estimate of drug-likeness (QED) is 0.807. The highest BCUT2D eigenvalue weighted by Crippen LogP contribution is 2.24. The van der Waals surface area contributed by atoms with Crippen molar-refractivity contribution in [1.82, 2.24) is 0 Å². The predicted octanol–water partition coefficient (Wildman–Crippen LogP) is 4.08. The van der Waals surface area contributed by atoms with Gasteiger partial charge in [0.25, 0.3) is 5.91 Å². The number of hydrogen-bond donors (Lipinski definition) is 2. The minimum atomic E-state index is -0.477. The van der Waals surface area contributed by atoms with Gasteiger partial charge in [0.05, 0.1) is 10.7 Å². The number of carbonyl (C=O) groups is 1. The molecule has 1 amide bonds. The summed E-state index contributed by atoms with van der Waals surface area (Å²) in [6.45, 7) is 0. The molecule has 2 rings (SSSR count). The second-order valence-corrected chi connectivity index (χ2v) is 5.08. The van der Waals surface area contributed by atoms with Gasteiger partial charge in [-0.3, -0.25) is 4.79 Å². The molecule has 0 spiro atoms. The van der Waals surface area contributed by atoms with Crippen LogP contribution in [0.1, 0.15) is 10.4 Å². The van der Waals surface area contributed by atoms with E-state index in [0.29, 0.717) is 15.7 Å². The van der Waals surface area contributed by atoms with E-state index in [9.17, 15) is 9.18 Å². The smallest absolute Gasteiger partial charge is 0.255 e. The molecule has 0 aliphatic rings. The first-order chi connectivity index (χ1) is 8.97. The van der Waals surface area contributed by atoms with E-state index in [2.05, 4.69) is 21.2 Å². The third-order valence-corrected chi connectivity index (χ3v) is 3.49. The van der Waals surface area contributed by atoms with E-state index in [1.165, 1.54) is 18.2 Å². The zero-order chi connectivity index (χ0) is 14.0. The van der Waals surface area contributed by atoms with Crippen molar-refractivity contribution in [3.8, 4) is 0 Å². The molecular formula is C13H9BrClFN2O. The normalized spacial score (nSPS) is 10.3. The summed E-state index contributed by atoms with van der Waals surface area (Å²) in [5, 5.41) is 2.80. The Morgan fingerprint density at radius 2 is 2.00 bits per heavy atom. The minimum absolute atomic E-state index is 0.216. The molecule has 0 aromatic heterocycles. The van der Waals surface area contributed by atoms with E-state index in [4.69, 9.17) is 17.3 Å². The molecule has 0 saturated heterocycles. The third-order valence-electron chi connectivity index (χ3n) is 2.43. The summed E-state index contributed by atoms with van der Waals surface area (Å²) in [6, 6.07) is 8.54. The van der Waals surface area contributed by atoms with Crippen LogP contribution in [-0.4, -0.2) is 5.91 Å². The first-order valence-electron chi connectivity index (χ1n) is 5.29. The van der Waals surface area contributed by atoms with Crippen LogP contribution >= 0.6 is 27.5 Å². The van der Waals surface area contributed by atoms with Crippen molar-refractivity contribution in [3.05, 3.63) is 57.3 Å². The highest BCUT2D eigenvalue weighted by molar-refractivity contribution is 9.10. The molecule has 3 nitrogen and oxygen atoms in total. The van der Waals surface area contributed by atoms with Crippen molar-refractivity contribution >= 4 is 44.8 Å². The molecule has 0 heterocycles. The van der Waals surface area contributed by atoms with Gasteiger partial charge in [-0.25, -0.2) is 4.39 Å². The van der Waals surface area contributed by atoms with Crippen molar-refractivity contribution in [2.24, 2.45) is 0 Å². The van der Waals surface area contributed by atoms with Crippen molar-refractivity contribution in [2.75, 3.05) is 11.1 Å². The first kappa shape index (κ1) is 13.8. The molecule has 0 saturated carbocycles. The summed E-state index contributed by atoms with van der Waals surface area (Å²) < 4.78 is 13.8. The van der Waals surface area contributed by atoms with Crippen LogP contribution in [-0.2, 0) is 0 Å². The van der Waals surface area contributed by atoms with Crippen molar-refractivity contribution in [3.63, 3.8) is 0 Å². The fraction of sp³-hybridized carbons (Fsp3) is 0. The molecular weight excluding hydrogens is 335 g/mol. The fourth-order valence-electron chi connectivity index (χ4n) is 1.47. The summed E-state index contributed by atoms with van der Waals surface area (Å²) in [5.74, 6) is -0.887. The number of hydrogen-bond acceptors (Lipinski definition) is 2. The Morgan fingerprint density at radius 1 is 1.26 bits per heavy atom. The fourth-order valence-corrected chi connectivity index (χ4v) is 1.88. The zero-order valence-corrected chi connectivity index (χ0v) is 11.9. The number of nitrogen functional groups attached to an aromatic ring is 1. The summed E-state index contributed by atoms with van der Waals surface area (Å²) in [4.78, 5) is 12.0. The van der Waals surface area contributed by atoms with Gasteiger partial charge in [-0.1, -0.05) is 11.6 Å². The summed E-state index contributed by atoms with van der Waals surface area (Å²) >= 11 is 9.11. The second-order valence-electron chi connectivity index (χ2n) is 3.81. The van der Waals surface area contributed by atoms with Crippen molar-refractivity contribution in [2.45, 2.75) is 0 Å². The number of halogens is 3. The van der Waals surface area contributed by atoms with Gasteiger partial charge >= 0.3 is 0 Å². The lowest BCUT2D eigenvalue weighted by Crippen LogP contribution is -2.12. The van der Waals surface area contributed by atoms with Crippen LogP contribution in [0.4, 0.5) is 15.8 Å². The largest absolute Gasteiger partial charge is 0.398 e. The molecule has 0 unspecified atom stereocenters. The molecule has 0 bridgehead atoms. The number of nitrogens with one attached hydrogen (secondary N) is 1. The highest BCUT2D eigenvalue weighted by atomic mass is 79.9. The Labute approximate surface area is 122 Å². The SMILES string of the molecule is Nc1cc(C(=O)Nc2cc(F)ccc2Cl)ccc1Br. The van der Waals surface area contributed by atoms with Crippen LogP contribution in [0.5, 0.6) is 0 Å². The van der Waals surface area contributed by atoms with Crippen LogP contribution in [0.2, 0.25) is 5.02 Å². The number of amides is 1. The van der Waals surface area contributed by atoms with Gasteiger partial charge in [0.1, 0.15) is 5.82 Å². The van der Waals surface area contributed by atoms with Crippen LogP contribution in [0, 0.1) is 5.82 Å². The monoisotopic (exact) mass is 342 g/mol. The lowest BCUT2D eigenvalue weighted by Gasteiger charge is -2.08. The molecule has 2 aromatic carbocycles. The highest BCUT2D eigenvalue weighted by Gasteiger charge is 2.10. The lowest BCUT2D eigenvalue weighted by atomic mass is 10.2. The number of benzene rings is 2. The Kier molecular flexibility index (Phi) is 4.07. The molecule has 0 fully saturated rings. The maximum atomic E-state index is 13.1. The molecule has 3 N–H and O–H groups in total. The molecule has 2 aromatic rings. The van der Waals surface area contributed by atoms with Gasteiger partial charge in [0.15, 0.2) is 0 Å². The lowest BCUT2D eigenvalue weighted by molar-refractivity contribution is 0.102. The summed E-state index contributed by atoms with van der Waals surface area (Å²) in [7, 11) is 0. The minimum Gasteiger partial charge on any atom is -0.398 e. The van der Waals surface area contributed by atoms with Crippen LogP contribution in [0.25, 0.3) is 0 Å². The van der Waals surface area contributed by atoms with Crippen molar-refractivity contribution < 1.29 is 9.18 Å². The molecule has 0 aliphatic heterocycles. The maximum Gasteiger partial charge on any atom is 0.255 e. The van der Waals surface area contributed by atoms with Gasteiger partial charge in [-0.05, 0) is 52.3 Å². The number of anilines is 2. The molecule has 98 valence electrons. The van der Waals surface area contributed by atoms with E-state index >= 15 is 0 Å². The standard InChI is InChI=1S/C13H9BrClFN2O/c14-9-3-1-7(5-11(9)17)13(19)18-12-6-8(16)2-4-10(12)15/h1-6H,17H2,(H,18,19). The Balaban J connectivity index is 2.25. The second kappa shape index (κ2) is 5.59. The van der Waals surface area contributed by atoms with Crippen LogP contribution in [0.3, 0.4) is 0 Å². The number of carbonyl (C=O) groups excluding carboxylic acids is 1. The third kappa shape index (κ3) is 3.24. The topological polar surface area (TPSA) is 55.1 Å². The van der Waals surface area contributed by atoms with Gasteiger partial charge in [-0.2, -0.15) is 0 Å². The van der Waals surface area contributed by atoms with E-state index in [1.807, 2.05) is 0 Å². The average molecular weight is 344 g/mol. The Hall–Kier alpha value is -1.59. The van der Waals surface area contributed by atoms with E-state index < -0.39 is 11.7 Å². The van der Waals surface area contributed by atoms with Gasteiger partial charge < -0.3 is 11.1 Å². The van der Waals surface area contributed by atoms with E-state index in [1.54, 1.807) is 12.1 Å².